The highest BCUT2D eigenvalue weighted by atomic mass is 32.2. The molecule has 2 aliphatic rings. The van der Waals surface area contributed by atoms with Crippen molar-refractivity contribution in [2.75, 3.05) is 25.4 Å². The lowest BCUT2D eigenvalue weighted by Crippen LogP contribution is -2.66. The molecule has 1 amide bonds. The molecule has 0 aromatic carbocycles. The van der Waals surface area contributed by atoms with Gasteiger partial charge in [0, 0.05) is 43.8 Å². The number of amides is 1. The fourth-order valence-corrected chi connectivity index (χ4v) is 5.64. The quantitative estimate of drug-likeness (QED) is 0.727. The molecule has 2 fully saturated rings. The van der Waals surface area contributed by atoms with Gasteiger partial charge in [-0.3, -0.25) is 9.69 Å². The second kappa shape index (κ2) is 8.06. The van der Waals surface area contributed by atoms with Gasteiger partial charge in [-0.1, -0.05) is 0 Å². The molecule has 2 aromatic heterocycles. The minimum absolute atomic E-state index is 0.0445. The number of fused-ring (bicyclic) bond motifs is 1. The summed E-state index contributed by atoms with van der Waals surface area (Å²) in [5.74, 6) is -0.855. The standard InChI is InChI=1S/C19H24F3N5O3S/c1-2-31(29,30)26-7-8-27(15(11-26)19(20,21)22)16-9-12(10-17(28)25-16)13-3-5-23-18-14(13)4-6-24-18/h3-6,12,15-16H,2,7-11H2,1H3,(H,23,24)(H,25,28). The van der Waals surface area contributed by atoms with Crippen LogP contribution in [0.3, 0.4) is 0 Å². The van der Waals surface area contributed by atoms with Crippen LogP contribution >= 0.6 is 0 Å². The topological polar surface area (TPSA) is 98.4 Å². The van der Waals surface area contributed by atoms with Crippen molar-refractivity contribution >= 4 is 27.0 Å². The fourth-order valence-electron chi connectivity index (χ4n) is 4.55. The number of H-pyrrole nitrogens is 1. The zero-order valence-corrected chi connectivity index (χ0v) is 17.7. The third-order valence-electron chi connectivity index (χ3n) is 6.12. The number of nitrogens with one attached hydrogen (secondary N) is 2. The molecule has 4 heterocycles. The third kappa shape index (κ3) is 4.28. The zero-order chi connectivity index (χ0) is 22.4. The van der Waals surface area contributed by atoms with Crippen molar-refractivity contribution in [3.05, 3.63) is 30.1 Å². The normalized spacial score (nSPS) is 26.8. The highest BCUT2D eigenvalue weighted by molar-refractivity contribution is 7.89. The summed E-state index contributed by atoms with van der Waals surface area (Å²) in [7, 11) is -3.74. The molecule has 2 N–H and O–H groups in total. The second-order valence-electron chi connectivity index (χ2n) is 7.91. The molecule has 0 spiro atoms. The maximum absolute atomic E-state index is 13.9. The third-order valence-corrected chi connectivity index (χ3v) is 7.97. The number of hydrogen-bond acceptors (Lipinski definition) is 5. The van der Waals surface area contributed by atoms with Crippen LogP contribution < -0.4 is 5.32 Å². The molecule has 170 valence electrons. The second-order valence-corrected chi connectivity index (χ2v) is 10.2. The van der Waals surface area contributed by atoms with Crippen molar-refractivity contribution in [1.29, 1.82) is 0 Å². The molecule has 3 atom stereocenters. The van der Waals surface area contributed by atoms with Crippen LogP contribution in [0.4, 0.5) is 13.2 Å². The zero-order valence-electron chi connectivity index (χ0n) is 16.9. The SMILES string of the molecule is CCS(=O)(=O)N1CCN(C2CC(c3ccnc4[nH]ccc34)CC(=O)N2)C(C(F)(F)F)C1. The van der Waals surface area contributed by atoms with E-state index >= 15 is 0 Å². The van der Waals surface area contributed by atoms with Gasteiger partial charge >= 0.3 is 6.18 Å². The summed E-state index contributed by atoms with van der Waals surface area (Å²) < 4.78 is 66.9. The van der Waals surface area contributed by atoms with E-state index in [-0.39, 0.29) is 37.1 Å². The monoisotopic (exact) mass is 459 g/mol. The van der Waals surface area contributed by atoms with E-state index in [1.54, 1.807) is 18.5 Å². The Morgan fingerprint density at radius 1 is 1.26 bits per heavy atom. The fraction of sp³-hybridized carbons (Fsp3) is 0.579. The van der Waals surface area contributed by atoms with Gasteiger partial charge in [0.15, 0.2) is 0 Å². The number of sulfonamides is 1. The maximum atomic E-state index is 13.9. The van der Waals surface area contributed by atoms with Crippen molar-refractivity contribution in [2.24, 2.45) is 0 Å². The number of alkyl halides is 3. The van der Waals surface area contributed by atoms with E-state index in [0.29, 0.717) is 12.1 Å². The molecule has 31 heavy (non-hydrogen) atoms. The number of rotatable bonds is 4. The lowest BCUT2D eigenvalue weighted by Gasteiger charge is -2.47. The molecular weight excluding hydrogens is 435 g/mol. The average Bonchev–Trinajstić information content (AvgIpc) is 3.21. The molecule has 4 rings (SSSR count). The molecule has 3 unspecified atom stereocenters. The number of pyridine rings is 1. The summed E-state index contributed by atoms with van der Waals surface area (Å²) in [5, 5.41) is 3.53. The number of halogens is 3. The van der Waals surface area contributed by atoms with Gasteiger partial charge in [-0.2, -0.15) is 17.5 Å². The van der Waals surface area contributed by atoms with E-state index in [4.69, 9.17) is 0 Å². The minimum atomic E-state index is -4.63. The first kappa shape index (κ1) is 22.0. The van der Waals surface area contributed by atoms with Gasteiger partial charge in [0.05, 0.1) is 11.9 Å². The predicted octanol–water partition coefficient (Wildman–Crippen LogP) is 1.78. The average molecular weight is 459 g/mol. The van der Waals surface area contributed by atoms with E-state index in [9.17, 15) is 26.4 Å². The molecule has 2 aliphatic heterocycles. The van der Waals surface area contributed by atoms with Crippen LogP contribution in [0.2, 0.25) is 0 Å². The number of aromatic amines is 1. The van der Waals surface area contributed by atoms with E-state index in [2.05, 4.69) is 15.3 Å². The summed E-state index contributed by atoms with van der Waals surface area (Å²) in [6.07, 6.45) is -1.67. The van der Waals surface area contributed by atoms with Gasteiger partial charge in [0.2, 0.25) is 15.9 Å². The molecule has 0 bridgehead atoms. The molecule has 0 aliphatic carbocycles. The summed E-state index contributed by atoms with van der Waals surface area (Å²) in [6, 6.07) is 1.65. The Morgan fingerprint density at radius 3 is 2.74 bits per heavy atom. The van der Waals surface area contributed by atoms with Gasteiger partial charge in [0.25, 0.3) is 0 Å². The Hall–Kier alpha value is -2.18. The first-order valence-electron chi connectivity index (χ1n) is 10.1. The van der Waals surface area contributed by atoms with Crippen molar-refractivity contribution in [2.45, 2.75) is 44.1 Å². The Labute approximate surface area is 177 Å². The Bertz CT molecular complexity index is 1070. The van der Waals surface area contributed by atoms with E-state index in [0.717, 1.165) is 15.3 Å². The number of aromatic nitrogens is 2. The number of nitrogens with zero attached hydrogens (tertiary/aromatic N) is 3. The Morgan fingerprint density at radius 2 is 2.03 bits per heavy atom. The van der Waals surface area contributed by atoms with E-state index in [1.807, 2.05) is 6.07 Å². The van der Waals surface area contributed by atoms with Crippen molar-refractivity contribution in [1.82, 2.24) is 24.5 Å². The van der Waals surface area contributed by atoms with Crippen molar-refractivity contribution in [3.63, 3.8) is 0 Å². The van der Waals surface area contributed by atoms with Crippen LogP contribution in [0.15, 0.2) is 24.5 Å². The first-order valence-corrected chi connectivity index (χ1v) is 11.7. The Balaban J connectivity index is 1.61. The van der Waals surface area contributed by atoms with Crippen LogP contribution in [0.25, 0.3) is 11.0 Å². The lowest BCUT2D eigenvalue weighted by atomic mass is 9.86. The molecule has 0 saturated carbocycles. The van der Waals surface area contributed by atoms with Gasteiger partial charge in [0.1, 0.15) is 11.7 Å². The highest BCUT2D eigenvalue weighted by Crippen LogP contribution is 2.36. The summed E-state index contributed by atoms with van der Waals surface area (Å²) >= 11 is 0. The van der Waals surface area contributed by atoms with Gasteiger partial charge in [-0.25, -0.2) is 13.4 Å². The number of carbonyl (C=O) groups is 1. The summed E-state index contributed by atoms with van der Waals surface area (Å²) in [6.45, 7) is 0.578. The molecule has 12 heteroatoms. The van der Waals surface area contributed by atoms with E-state index in [1.165, 1.54) is 11.8 Å². The van der Waals surface area contributed by atoms with Gasteiger partial charge in [-0.05, 0) is 37.0 Å². The molecule has 8 nitrogen and oxygen atoms in total. The number of piperazine rings is 1. The first-order chi connectivity index (χ1) is 14.6. The van der Waals surface area contributed by atoms with Gasteiger partial charge < -0.3 is 10.3 Å². The predicted molar refractivity (Wildman–Crippen MR) is 108 cm³/mol. The van der Waals surface area contributed by atoms with Crippen LogP contribution in [0, 0.1) is 0 Å². The molecule has 2 aromatic rings. The van der Waals surface area contributed by atoms with Crippen molar-refractivity contribution in [3.8, 4) is 0 Å². The molecular formula is C19H24F3N5O3S. The van der Waals surface area contributed by atoms with E-state index < -0.39 is 35.0 Å². The van der Waals surface area contributed by atoms with Crippen LogP contribution in [0.1, 0.15) is 31.2 Å². The van der Waals surface area contributed by atoms with Crippen molar-refractivity contribution < 1.29 is 26.4 Å². The van der Waals surface area contributed by atoms with Crippen LogP contribution in [-0.4, -0.2) is 77.3 Å². The van der Waals surface area contributed by atoms with Crippen LogP contribution in [-0.2, 0) is 14.8 Å². The highest BCUT2D eigenvalue weighted by Gasteiger charge is 2.51. The molecule has 2 saturated heterocycles. The van der Waals surface area contributed by atoms with Crippen LogP contribution in [0.5, 0.6) is 0 Å². The smallest absolute Gasteiger partial charge is 0.346 e. The number of hydrogen-bond donors (Lipinski definition) is 2. The summed E-state index contributed by atoms with van der Waals surface area (Å²) in [4.78, 5) is 20.9. The molecule has 0 radical (unpaired) electrons. The maximum Gasteiger partial charge on any atom is 0.405 e. The Kier molecular flexibility index (Phi) is 5.73. The lowest BCUT2D eigenvalue weighted by molar-refractivity contribution is -0.202. The minimum Gasteiger partial charge on any atom is -0.346 e. The van der Waals surface area contributed by atoms with Gasteiger partial charge in [-0.15, -0.1) is 0 Å². The summed E-state index contributed by atoms with van der Waals surface area (Å²) in [5.41, 5.74) is 1.52. The number of carbonyl (C=O) groups excluding carboxylic acids is 1. The largest absolute Gasteiger partial charge is 0.405 e. The number of piperidine rings is 1.